The molecule has 0 amide bonds. The summed E-state index contributed by atoms with van der Waals surface area (Å²) >= 11 is 5.49. The Morgan fingerprint density at radius 1 is 1.14 bits per heavy atom. The van der Waals surface area contributed by atoms with Crippen LogP contribution in [-0.2, 0) is 0 Å². The van der Waals surface area contributed by atoms with E-state index in [2.05, 4.69) is 24.6 Å². The van der Waals surface area contributed by atoms with Crippen molar-refractivity contribution < 1.29 is 0 Å². The molecule has 1 N–H and O–H groups in total. The lowest BCUT2D eigenvalue weighted by Crippen LogP contribution is -2.38. The van der Waals surface area contributed by atoms with E-state index in [0.717, 1.165) is 28.6 Å². The lowest BCUT2D eigenvalue weighted by molar-refractivity contribution is 0.155. The Morgan fingerprint density at radius 3 is 2.86 bits per heavy atom. The van der Waals surface area contributed by atoms with Crippen molar-refractivity contribution in [1.82, 2.24) is 24.6 Å². The quantitative estimate of drug-likeness (QED) is 0.867. The van der Waals surface area contributed by atoms with E-state index in [0.29, 0.717) is 6.04 Å². The standard InChI is InChI=1S/C15H19N5S/c21-15-18-17-14(11-3-6-16-7-4-11)20(15)13-5-9-19-8-1-2-12(19)10-13/h3-4,6-7,12-13H,1-2,5,8-10H2,(H,18,21). The highest BCUT2D eigenvalue weighted by Crippen LogP contribution is 2.35. The summed E-state index contributed by atoms with van der Waals surface area (Å²) in [4.78, 5) is 6.71. The topological polar surface area (TPSA) is 49.7 Å². The fourth-order valence-electron chi connectivity index (χ4n) is 3.79. The molecule has 110 valence electrons. The Morgan fingerprint density at radius 2 is 2.00 bits per heavy atom. The molecule has 0 spiro atoms. The van der Waals surface area contributed by atoms with Gasteiger partial charge in [-0.05, 0) is 56.6 Å². The molecule has 0 aromatic carbocycles. The molecule has 4 heterocycles. The van der Waals surface area contributed by atoms with E-state index in [1.807, 2.05) is 12.1 Å². The Labute approximate surface area is 129 Å². The number of nitrogens with one attached hydrogen (secondary N) is 1. The number of nitrogens with zero attached hydrogens (tertiary/aromatic N) is 4. The van der Waals surface area contributed by atoms with Crippen molar-refractivity contribution in [2.45, 2.75) is 37.8 Å². The minimum Gasteiger partial charge on any atom is -0.300 e. The Balaban J connectivity index is 1.69. The summed E-state index contributed by atoms with van der Waals surface area (Å²) in [7, 11) is 0. The van der Waals surface area contributed by atoms with Crippen molar-refractivity contribution in [3.8, 4) is 11.4 Å². The van der Waals surface area contributed by atoms with E-state index in [1.54, 1.807) is 12.4 Å². The normalized spacial score (nSPS) is 25.9. The molecule has 2 saturated heterocycles. The van der Waals surface area contributed by atoms with E-state index in [-0.39, 0.29) is 0 Å². The van der Waals surface area contributed by atoms with Gasteiger partial charge in [0.15, 0.2) is 10.6 Å². The zero-order valence-corrected chi connectivity index (χ0v) is 12.7. The summed E-state index contributed by atoms with van der Waals surface area (Å²) < 4.78 is 2.96. The Kier molecular flexibility index (Phi) is 3.35. The van der Waals surface area contributed by atoms with Crippen LogP contribution in [0.3, 0.4) is 0 Å². The second kappa shape index (κ2) is 5.35. The van der Waals surface area contributed by atoms with Crippen molar-refractivity contribution in [2.75, 3.05) is 13.1 Å². The van der Waals surface area contributed by atoms with Crippen LogP contribution in [0.2, 0.25) is 0 Å². The molecule has 2 fully saturated rings. The van der Waals surface area contributed by atoms with Gasteiger partial charge in [0.2, 0.25) is 0 Å². The van der Waals surface area contributed by atoms with Crippen LogP contribution in [0.1, 0.15) is 31.7 Å². The molecule has 2 aromatic rings. The average Bonchev–Trinajstić information content (AvgIpc) is 3.13. The van der Waals surface area contributed by atoms with E-state index in [4.69, 9.17) is 12.2 Å². The van der Waals surface area contributed by atoms with Gasteiger partial charge in [-0.3, -0.25) is 14.6 Å². The van der Waals surface area contributed by atoms with Gasteiger partial charge < -0.3 is 4.90 Å². The van der Waals surface area contributed by atoms with Crippen molar-refractivity contribution >= 4 is 12.2 Å². The summed E-state index contributed by atoms with van der Waals surface area (Å²) in [6.45, 7) is 2.45. The second-order valence-electron chi connectivity index (χ2n) is 5.97. The van der Waals surface area contributed by atoms with Gasteiger partial charge in [-0.2, -0.15) is 5.10 Å². The van der Waals surface area contributed by atoms with Crippen LogP contribution in [0, 0.1) is 4.77 Å². The summed E-state index contributed by atoms with van der Waals surface area (Å²) in [6, 6.07) is 5.17. The summed E-state index contributed by atoms with van der Waals surface area (Å²) in [5, 5.41) is 7.43. The number of rotatable bonds is 2. The minimum absolute atomic E-state index is 0.457. The van der Waals surface area contributed by atoms with Crippen molar-refractivity contribution in [3.05, 3.63) is 29.3 Å². The SMILES string of the molecule is S=c1[nH]nc(-c2ccncc2)n1C1CCN2CCCC2C1. The largest absolute Gasteiger partial charge is 0.300 e. The van der Waals surface area contributed by atoms with Crippen molar-refractivity contribution in [3.63, 3.8) is 0 Å². The first-order valence-electron chi connectivity index (χ1n) is 7.64. The van der Waals surface area contributed by atoms with Crippen molar-refractivity contribution in [2.24, 2.45) is 0 Å². The molecule has 0 saturated carbocycles. The maximum Gasteiger partial charge on any atom is 0.195 e. The van der Waals surface area contributed by atoms with Crippen LogP contribution in [0.25, 0.3) is 11.4 Å². The summed E-state index contributed by atoms with van der Waals surface area (Å²) in [5.74, 6) is 0.943. The maximum absolute atomic E-state index is 5.49. The number of aromatic amines is 1. The number of pyridine rings is 1. The first-order chi connectivity index (χ1) is 10.3. The highest BCUT2D eigenvalue weighted by Gasteiger charge is 2.33. The van der Waals surface area contributed by atoms with E-state index in [9.17, 15) is 0 Å². The number of hydrogen-bond donors (Lipinski definition) is 1. The fourth-order valence-corrected chi connectivity index (χ4v) is 4.07. The maximum atomic E-state index is 5.49. The van der Waals surface area contributed by atoms with Gasteiger partial charge in [0.25, 0.3) is 0 Å². The molecular formula is C15H19N5S. The van der Waals surface area contributed by atoms with Crippen LogP contribution in [-0.4, -0.2) is 43.8 Å². The summed E-state index contributed by atoms with van der Waals surface area (Å²) in [6.07, 6.45) is 8.61. The third-order valence-electron chi connectivity index (χ3n) is 4.80. The molecule has 0 bridgehead atoms. The molecule has 4 rings (SSSR count). The molecule has 6 heteroatoms. The summed E-state index contributed by atoms with van der Waals surface area (Å²) in [5.41, 5.74) is 1.08. The lowest BCUT2D eigenvalue weighted by Gasteiger charge is -2.35. The first kappa shape index (κ1) is 13.2. The molecule has 2 aliphatic rings. The molecule has 21 heavy (non-hydrogen) atoms. The third-order valence-corrected chi connectivity index (χ3v) is 5.09. The average molecular weight is 301 g/mol. The zero-order chi connectivity index (χ0) is 14.2. The molecule has 2 unspecified atom stereocenters. The van der Waals surface area contributed by atoms with E-state index in [1.165, 1.54) is 32.4 Å². The number of H-pyrrole nitrogens is 1. The molecule has 2 atom stereocenters. The highest BCUT2D eigenvalue weighted by atomic mass is 32.1. The van der Waals surface area contributed by atoms with Gasteiger partial charge >= 0.3 is 0 Å². The van der Waals surface area contributed by atoms with Crippen LogP contribution in [0.4, 0.5) is 0 Å². The molecule has 2 aromatic heterocycles. The van der Waals surface area contributed by atoms with Gasteiger partial charge in [0, 0.05) is 36.6 Å². The predicted molar refractivity (Wildman–Crippen MR) is 83.5 cm³/mol. The Hall–Kier alpha value is -1.53. The van der Waals surface area contributed by atoms with Gasteiger partial charge in [0.1, 0.15) is 0 Å². The molecule has 0 aliphatic carbocycles. The predicted octanol–water partition coefficient (Wildman–Crippen LogP) is 2.80. The van der Waals surface area contributed by atoms with E-state index >= 15 is 0 Å². The monoisotopic (exact) mass is 301 g/mol. The highest BCUT2D eigenvalue weighted by molar-refractivity contribution is 7.71. The number of fused-ring (bicyclic) bond motifs is 1. The number of hydrogen-bond acceptors (Lipinski definition) is 4. The molecule has 2 aliphatic heterocycles. The zero-order valence-electron chi connectivity index (χ0n) is 11.9. The van der Waals surface area contributed by atoms with Gasteiger partial charge in [-0.1, -0.05) is 0 Å². The van der Waals surface area contributed by atoms with Crippen molar-refractivity contribution in [1.29, 1.82) is 0 Å². The van der Waals surface area contributed by atoms with Crippen LogP contribution in [0.5, 0.6) is 0 Å². The molecule has 0 radical (unpaired) electrons. The third kappa shape index (κ3) is 2.32. The van der Waals surface area contributed by atoms with Crippen LogP contribution >= 0.6 is 12.2 Å². The second-order valence-corrected chi connectivity index (χ2v) is 6.36. The Bertz CT molecular complexity index is 677. The van der Waals surface area contributed by atoms with Gasteiger partial charge in [-0.15, -0.1) is 0 Å². The fraction of sp³-hybridized carbons (Fsp3) is 0.533. The molecular weight excluding hydrogens is 282 g/mol. The number of aromatic nitrogens is 4. The molecule has 5 nitrogen and oxygen atoms in total. The van der Waals surface area contributed by atoms with Gasteiger partial charge in [-0.25, -0.2) is 0 Å². The lowest BCUT2D eigenvalue weighted by atomic mass is 9.97. The minimum atomic E-state index is 0.457. The van der Waals surface area contributed by atoms with E-state index < -0.39 is 0 Å². The van der Waals surface area contributed by atoms with Crippen LogP contribution < -0.4 is 0 Å². The van der Waals surface area contributed by atoms with Gasteiger partial charge in [0.05, 0.1) is 0 Å². The smallest absolute Gasteiger partial charge is 0.195 e. The van der Waals surface area contributed by atoms with Crippen LogP contribution in [0.15, 0.2) is 24.5 Å². The first-order valence-corrected chi connectivity index (χ1v) is 8.05. The number of piperidine rings is 1.